The van der Waals surface area contributed by atoms with E-state index in [1.165, 1.54) is 7.22 Å². The summed E-state index contributed by atoms with van der Waals surface area (Å²) in [6, 6.07) is 16.0. The molecule has 2 rings (SSSR count). The molecule has 4 N–H and O–H groups in total. The van der Waals surface area contributed by atoms with Crippen LogP contribution in [0.3, 0.4) is 0 Å². The standard InChI is InChI=1S/C12H12N2Te/c13-9-5-1-3-7-11(9)15-12-8-4-2-6-10(12)14/h1-8H,13-14H2. The number of hydrogen-bond acceptors (Lipinski definition) is 2. The van der Waals surface area contributed by atoms with Crippen LogP contribution in [0.1, 0.15) is 0 Å². The van der Waals surface area contributed by atoms with Gasteiger partial charge in [-0.1, -0.05) is 0 Å². The number of hydrogen-bond donors (Lipinski definition) is 2. The van der Waals surface area contributed by atoms with Gasteiger partial charge in [0.15, 0.2) is 0 Å². The van der Waals surface area contributed by atoms with Gasteiger partial charge >= 0.3 is 99.5 Å². The Kier molecular flexibility index (Phi) is 3.15. The van der Waals surface area contributed by atoms with Crippen molar-refractivity contribution in [1.29, 1.82) is 0 Å². The van der Waals surface area contributed by atoms with E-state index in [1.807, 2.05) is 36.4 Å². The normalized spacial score (nSPS) is 10.1. The van der Waals surface area contributed by atoms with Gasteiger partial charge in [-0.3, -0.25) is 0 Å². The molecule has 15 heavy (non-hydrogen) atoms. The molecule has 0 saturated heterocycles. The van der Waals surface area contributed by atoms with Crippen molar-refractivity contribution < 1.29 is 0 Å². The van der Waals surface area contributed by atoms with Crippen LogP contribution in [0.15, 0.2) is 48.5 Å². The fourth-order valence-corrected chi connectivity index (χ4v) is 3.84. The van der Waals surface area contributed by atoms with E-state index in [4.69, 9.17) is 11.5 Å². The van der Waals surface area contributed by atoms with E-state index >= 15 is 0 Å². The average molecular weight is 312 g/mol. The third kappa shape index (κ3) is 2.44. The second-order valence-electron chi connectivity index (χ2n) is 3.18. The summed E-state index contributed by atoms with van der Waals surface area (Å²) >= 11 is -0.457. The van der Waals surface area contributed by atoms with Crippen LogP contribution in [0.25, 0.3) is 0 Å². The molecule has 0 aliphatic heterocycles. The molecule has 3 heteroatoms. The van der Waals surface area contributed by atoms with Gasteiger partial charge < -0.3 is 0 Å². The predicted molar refractivity (Wildman–Crippen MR) is 66.7 cm³/mol. The molecule has 0 aliphatic rings. The zero-order chi connectivity index (χ0) is 10.7. The van der Waals surface area contributed by atoms with Crippen LogP contribution >= 0.6 is 0 Å². The molecule has 2 aromatic carbocycles. The third-order valence-corrected chi connectivity index (χ3v) is 5.44. The molecule has 0 spiro atoms. The van der Waals surface area contributed by atoms with Gasteiger partial charge in [0.25, 0.3) is 0 Å². The molecule has 0 heterocycles. The van der Waals surface area contributed by atoms with E-state index in [0.717, 1.165) is 11.4 Å². The summed E-state index contributed by atoms with van der Waals surface area (Å²) in [4.78, 5) is 0. The van der Waals surface area contributed by atoms with Gasteiger partial charge in [-0.15, -0.1) is 0 Å². The van der Waals surface area contributed by atoms with E-state index in [0.29, 0.717) is 0 Å². The zero-order valence-corrected chi connectivity index (χ0v) is 10.5. The molecule has 0 atom stereocenters. The summed E-state index contributed by atoms with van der Waals surface area (Å²) in [5.41, 5.74) is 13.6. The summed E-state index contributed by atoms with van der Waals surface area (Å²) in [7, 11) is 0. The van der Waals surface area contributed by atoms with Crippen LogP contribution in [0.4, 0.5) is 11.4 Å². The van der Waals surface area contributed by atoms with Gasteiger partial charge in [0.2, 0.25) is 0 Å². The van der Waals surface area contributed by atoms with E-state index in [1.54, 1.807) is 0 Å². The molecule has 0 amide bonds. The van der Waals surface area contributed by atoms with Crippen molar-refractivity contribution in [2.45, 2.75) is 0 Å². The van der Waals surface area contributed by atoms with E-state index in [-0.39, 0.29) is 0 Å². The summed E-state index contributed by atoms with van der Waals surface area (Å²) in [6.45, 7) is 0. The number of nitrogen functional groups attached to an aromatic ring is 2. The molecular weight excluding hydrogens is 300 g/mol. The third-order valence-electron chi connectivity index (χ3n) is 2.06. The van der Waals surface area contributed by atoms with Crippen LogP contribution < -0.4 is 18.7 Å². The average Bonchev–Trinajstić information content (AvgIpc) is 2.24. The topological polar surface area (TPSA) is 52.0 Å². The van der Waals surface area contributed by atoms with Crippen molar-refractivity contribution in [3.63, 3.8) is 0 Å². The molecule has 0 saturated carbocycles. The second kappa shape index (κ2) is 4.57. The SMILES string of the molecule is Nc1ccccc1[Te]c1ccccc1N. The first kappa shape index (κ1) is 10.4. The van der Waals surface area contributed by atoms with Crippen molar-refractivity contribution in [1.82, 2.24) is 0 Å². The quantitative estimate of drug-likeness (QED) is 0.627. The maximum absolute atomic E-state index is 5.91. The molecule has 2 nitrogen and oxygen atoms in total. The van der Waals surface area contributed by atoms with Gasteiger partial charge in [0.05, 0.1) is 0 Å². The number of para-hydroxylation sites is 2. The van der Waals surface area contributed by atoms with E-state index in [2.05, 4.69) is 12.1 Å². The van der Waals surface area contributed by atoms with Crippen LogP contribution in [-0.4, -0.2) is 20.9 Å². The van der Waals surface area contributed by atoms with Crippen molar-refractivity contribution in [3.05, 3.63) is 48.5 Å². The molecular formula is C12H12N2Te. The number of rotatable bonds is 2. The maximum atomic E-state index is 5.91. The Labute approximate surface area is 99.4 Å². The molecule has 0 aromatic heterocycles. The Hall–Kier alpha value is -1.17. The Balaban J connectivity index is 2.30. The first-order valence-electron chi connectivity index (χ1n) is 4.64. The Morgan fingerprint density at radius 2 is 1.07 bits per heavy atom. The first-order valence-corrected chi connectivity index (χ1v) is 6.97. The van der Waals surface area contributed by atoms with Gasteiger partial charge in [0.1, 0.15) is 0 Å². The number of nitrogens with two attached hydrogens (primary N) is 2. The van der Waals surface area contributed by atoms with Crippen LogP contribution in [-0.2, 0) is 0 Å². The summed E-state index contributed by atoms with van der Waals surface area (Å²) in [6.07, 6.45) is 0. The van der Waals surface area contributed by atoms with E-state index < -0.39 is 20.9 Å². The van der Waals surface area contributed by atoms with Gasteiger partial charge in [-0.25, -0.2) is 0 Å². The number of anilines is 2. The van der Waals surface area contributed by atoms with Crippen LogP contribution in [0.5, 0.6) is 0 Å². The molecule has 0 aliphatic carbocycles. The van der Waals surface area contributed by atoms with Crippen molar-refractivity contribution in [2.75, 3.05) is 11.5 Å². The summed E-state index contributed by atoms with van der Waals surface area (Å²) in [5.74, 6) is 0. The first-order chi connectivity index (χ1) is 7.27. The fourth-order valence-electron chi connectivity index (χ4n) is 1.27. The Morgan fingerprint density at radius 1 is 0.667 bits per heavy atom. The Bertz CT molecular complexity index is 425. The minimum atomic E-state index is -0.457. The zero-order valence-electron chi connectivity index (χ0n) is 8.18. The van der Waals surface area contributed by atoms with Crippen molar-refractivity contribution in [3.8, 4) is 0 Å². The molecule has 2 aromatic rings. The molecule has 76 valence electrons. The molecule has 0 unspecified atom stereocenters. The Morgan fingerprint density at radius 3 is 1.47 bits per heavy atom. The van der Waals surface area contributed by atoms with Crippen LogP contribution in [0.2, 0.25) is 0 Å². The van der Waals surface area contributed by atoms with Crippen molar-refractivity contribution in [2.24, 2.45) is 0 Å². The fraction of sp³-hybridized carbons (Fsp3) is 0. The predicted octanol–water partition coefficient (Wildman–Crippen LogP) is 0.506. The van der Waals surface area contributed by atoms with Gasteiger partial charge in [-0.05, 0) is 0 Å². The molecule has 0 fully saturated rings. The van der Waals surface area contributed by atoms with Crippen LogP contribution in [0, 0.1) is 0 Å². The summed E-state index contributed by atoms with van der Waals surface area (Å²) in [5, 5.41) is 0. The van der Waals surface area contributed by atoms with Crippen molar-refractivity contribution >= 4 is 39.5 Å². The number of benzene rings is 2. The monoisotopic (exact) mass is 314 g/mol. The second-order valence-corrected chi connectivity index (χ2v) is 6.27. The summed E-state index contributed by atoms with van der Waals surface area (Å²) < 4.78 is 2.50. The minimum absolute atomic E-state index is 0.457. The molecule has 0 radical (unpaired) electrons. The van der Waals surface area contributed by atoms with Gasteiger partial charge in [0, 0.05) is 0 Å². The van der Waals surface area contributed by atoms with E-state index in [9.17, 15) is 0 Å². The van der Waals surface area contributed by atoms with Gasteiger partial charge in [-0.2, -0.15) is 0 Å². The molecule has 0 bridgehead atoms.